The van der Waals surface area contributed by atoms with Gasteiger partial charge in [0, 0.05) is 22.2 Å². The maximum Gasteiger partial charge on any atom is 0.146 e. The lowest BCUT2D eigenvalue weighted by molar-refractivity contribution is 0.195. The van der Waals surface area contributed by atoms with Crippen LogP contribution in [0.3, 0.4) is 0 Å². The lowest BCUT2D eigenvalue weighted by Crippen LogP contribution is -2.32. The molecule has 2 unspecified atom stereocenters. The first-order valence-corrected chi connectivity index (χ1v) is 7.86. The minimum absolute atomic E-state index is 0.302. The normalized spacial score (nSPS) is 25.0. The molecule has 0 amide bonds. The number of hydrogen-bond donors (Lipinski definition) is 1. The zero-order chi connectivity index (χ0) is 16.7. The third kappa shape index (κ3) is 2.52. The maximum atomic E-state index is 14.4. The SMILES string of the molecule is Fc1ccc(C2(CN3CNC=N3)OC2c2ccccc2Cl)c(F)c1. The highest BCUT2D eigenvalue weighted by atomic mass is 35.5. The Kier molecular flexibility index (Phi) is 3.66. The van der Waals surface area contributed by atoms with E-state index >= 15 is 0 Å². The van der Waals surface area contributed by atoms with Crippen molar-refractivity contribution in [2.24, 2.45) is 5.10 Å². The summed E-state index contributed by atoms with van der Waals surface area (Å²) in [6.07, 6.45) is 1.16. The van der Waals surface area contributed by atoms with Crippen LogP contribution in [0.25, 0.3) is 0 Å². The molecule has 0 aromatic heterocycles. The van der Waals surface area contributed by atoms with Gasteiger partial charge in [0.25, 0.3) is 0 Å². The van der Waals surface area contributed by atoms with Crippen LogP contribution in [0.2, 0.25) is 5.02 Å². The molecule has 0 radical (unpaired) electrons. The molecule has 2 aromatic rings. The highest BCUT2D eigenvalue weighted by Gasteiger charge is 2.61. The summed E-state index contributed by atoms with van der Waals surface area (Å²) in [5, 5.41) is 9.42. The number of nitrogens with one attached hydrogen (secondary N) is 1. The van der Waals surface area contributed by atoms with Crippen molar-refractivity contribution in [1.82, 2.24) is 10.3 Å². The Morgan fingerprint density at radius 2 is 2.12 bits per heavy atom. The molecular weight excluding hydrogens is 336 g/mol. The van der Waals surface area contributed by atoms with E-state index in [4.69, 9.17) is 16.3 Å². The molecule has 1 N–H and O–H groups in total. The standard InChI is InChI=1S/C17H14ClF2N3O/c18-14-4-2-1-3-12(14)16-17(24-16,8-23-10-21-9-22-23)13-6-5-11(19)7-15(13)20/h1-7,9,16H,8,10H2,(H,21,22). The fraction of sp³-hybridized carbons (Fsp3) is 0.235. The van der Waals surface area contributed by atoms with Crippen LogP contribution in [0.1, 0.15) is 17.2 Å². The van der Waals surface area contributed by atoms with Gasteiger partial charge in [0.05, 0.1) is 6.54 Å². The van der Waals surface area contributed by atoms with Crippen LogP contribution in [0.5, 0.6) is 0 Å². The van der Waals surface area contributed by atoms with Crippen LogP contribution in [-0.4, -0.2) is 24.6 Å². The van der Waals surface area contributed by atoms with Gasteiger partial charge < -0.3 is 10.1 Å². The third-order valence-corrected chi connectivity index (χ3v) is 4.62. The summed E-state index contributed by atoms with van der Waals surface area (Å²) in [4.78, 5) is 0. The van der Waals surface area contributed by atoms with Crippen molar-refractivity contribution in [2.45, 2.75) is 11.7 Å². The van der Waals surface area contributed by atoms with Crippen LogP contribution in [-0.2, 0) is 10.3 Å². The predicted octanol–water partition coefficient (Wildman–Crippen LogP) is 3.39. The molecular formula is C17H14ClF2N3O. The summed E-state index contributed by atoms with van der Waals surface area (Å²) in [6, 6.07) is 10.8. The molecule has 2 aromatic carbocycles. The molecule has 2 heterocycles. The van der Waals surface area contributed by atoms with Crippen molar-refractivity contribution in [1.29, 1.82) is 0 Å². The van der Waals surface area contributed by atoms with Crippen molar-refractivity contribution >= 4 is 17.9 Å². The van der Waals surface area contributed by atoms with E-state index in [0.717, 1.165) is 11.6 Å². The third-order valence-electron chi connectivity index (χ3n) is 4.27. The van der Waals surface area contributed by atoms with Crippen molar-refractivity contribution in [3.63, 3.8) is 0 Å². The van der Waals surface area contributed by atoms with Crippen molar-refractivity contribution in [3.8, 4) is 0 Å². The van der Waals surface area contributed by atoms with Gasteiger partial charge in [-0.15, -0.1) is 0 Å². The van der Waals surface area contributed by atoms with Gasteiger partial charge in [0.1, 0.15) is 36.3 Å². The highest BCUT2D eigenvalue weighted by Crippen LogP contribution is 2.59. The Labute approximate surface area is 142 Å². The Balaban J connectivity index is 1.74. The molecule has 0 spiro atoms. The van der Waals surface area contributed by atoms with Gasteiger partial charge in [-0.25, -0.2) is 8.78 Å². The van der Waals surface area contributed by atoms with E-state index in [9.17, 15) is 8.78 Å². The average molecular weight is 350 g/mol. The zero-order valence-corrected chi connectivity index (χ0v) is 13.3. The van der Waals surface area contributed by atoms with E-state index < -0.39 is 23.3 Å². The fourth-order valence-electron chi connectivity index (χ4n) is 3.10. The maximum absolute atomic E-state index is 14.4. The number of ether oxygens (including phenoxy) is 1. The van der Waals surface area contributed by atoms with Gasteiger partial charge in [0.2, 0.25) is 0 Å². The zero-order valence-electron chi connectivity index (χ0n) is 12.5. The molecule has 0 saturated carbocycles. The monoisotopic (exact) mass is 349 g/mol. The second-order valence-electron chi connectivity index (χ2n) is 5.80. The van der Waals surface area contributed by atoms with E-state index in [1.54, 1.807) is 17.4 Å². The minimum atomic E-state index is -0.952. The largest absolute Gasteiger partial charge is 0.356 e. The number of hydrogen-bond acceptors (Lipinski definition) is 4. The first-order valence-electron chi connectivity index (χ1n) is 7.49. The Bertz CT molecular complexity index is 816. The summed E-state index contributed by atoms with van der Waals surface area (Å²) in [5.74, 6) is -1.26. The van der Waals surface area contributed by atoms with Crippen molar-refractivity contribution < 1.29 is 13.5 Å². The Morgan fingerprint density at radius 3 is 2.83 bits per heavy atom. The topological polar surface area (TPSA) is 40.2 Å². The lowest BCUT2D eigenvalue weighted by Gasteiger charge is -2.21. The quantitative estimate of drug-likeness (QED) is 0.860. The Morgan fingerprint density at radius 1 is 1.29 bits per heavy atom. The molecule has 7 heteroatoms. The molecule has 1 fully saturated rings. The van der Waals surface area contributed by atoms with Gasteiger partial charge in [-0.2, -0.15) is 5.10 Å². The van der Waals surface area contributed by atoms with Crippen LogP contribution in [0.4, 0.5) is 8.78 Å². The summed E-state index contributed by atoms with van der Waals surface area (Å²) >= 11 is 6.27. The van der Waals surface area contributed by atoms with Crippen LogP contribution >= 0.6 is 11.6 Å². The number of halogens is 3. The van der Waals surface area contributed by atoms with E-state index in [1.807, 2.05) is 18.2 Å². The van der Waals surface area contributed by atoms with Gasteiger partial charge >= 0.3 is 0 Å². The number of hydrazone groups is 1. The number of rotatable bonds is 4. The van der Waals surface area contributed by atoms with Gasteiger partial charge in [0.15, 0.2) is 0 Å². The van der Waals surface area contributed by atoms with E-state index in [2.05, 4.69) is 10.4 Å². The van der Waals surface area contributed by atoms with Gasteiger partial charge in [-0.05, 0) is 12.1 Å². The average Bonchev–Trinajstić information content (AvgIpc) is 3.01. The summed E-state index contributed by atoms with van der Waals surface area (Å²) in [7, 11) is 0. The molecule has 24 heavy (non-hydrogen) atoms. The smallest absolute Gasteiger partial charge is 0.146 e. The molecule has 4 rings (SSSR count). The molecule has 0 aliphatic carbocycles. The number of epoxide rings is 1. The molecule has 4 nitrogen and oxygen atoms in total. The lowest BCUT2D eigenvalue weighted by atomic mass is 9.91. The first-order chi connectivity index (χ1) is 11.6. The van der Waals surface area contributed by atoms with Crippen LogP contribution in [0.15, 0.2) is 47.6 Å². The second kappa shape index (κ2) is 5.72. The molecule has 0 bridgehead atoms. The first kappa shape index (κ1) is 15.4. The molecule has 2 aliphatic heterocycles. The summed E-state index contributed by atoms with van der Waals surface area (Å²) < 4.78 is 33.7. The highest BCUT2D eigenvalue weighted by molar-refractivity contribution is 6.31. The minimum Gasteiger partial charge on any atom is -0.356 e. The van der Waals surface area contributed by atoms with Gasteiger partial charge in [-0.1, -0.05) is 35.9 Å². The fourth-order valence-corrected chi connectivity index (χ4v) is 3.33. The number of nitrogens with zero attached hydrogens (tertiary/aromatic N) is 2. The van der Waals surface area contributed by atoms with Gasteiger partial charge in [-0.3, -0.25) is 5.01 Å². The molecule has 124 valence electrons. The van der Waals surface area contributed by atoms with Crippen molar-refractivity contribution in [2.75, 3.05) is 13.2 Å². The summed E-state index contributed by atoms with van der Waals surface area (Å²) in [6.45, 7) is 0.831. The predicted molar refractivity (Wildman–Crippen MR) is 86.5 cm³/mol. The second-order valence-corrected chi connectivity index (χ2v) is 6.21. The van der Waals surface area contributed by atoms with Crippen LogP contribution < -0.4 is 5.32 Å². The molecule has 2 aliphatic rings. The van der Waals surface area contributed by atoms with Crippen molar-refractivity contribution in [3.05, 3.63) is 70.2 Å². The van der Waals surface area contributed by atoms with E-state index in [-0.39, 0.29) is 0 Å². The number of benzene rings is 2. The summed E-state index contributed by atoms with van der Waals surface area (Å²) in [5.41, 5.74) is 0.126. The molecule has 1 saturated heterocycles. The van der Waals surface area contributed by atoms with Crippen LogP contribution in [0, 0.1) is 11.6 Å². The molecule has 2 atom stereocenters. The Hall–Kier alpha value is -2.18. The van der Waals surface area contributed by atoms with E-state index in [0.29, 0.717) is 23.8 Å². The van der Waals surface area contributed by atoms with E-state index in [1.165, 1.54) is 12.1 Å².